The second-order valence-corrected chi connectivity index (χ2v) is 26.9. The summed E-state index contributed by atoms with van der Waals surface area (Å²) >= 11 is 3.65. The van der Waals surface area contributed by atoms with Crippen molar-refractivity contribution in [3.05, 3.63) is 68.5 Å². The molecular formula is C30H46BrNO5SSi2. The Bertz CT molecular complexity index is 1250. The Kier molecular flexibility index (Phi) is 11.8. The average Bonchev–Trinajstić information content (AvgIpc) is 3.25. The van der Waals surface area contributed by atoms with Gasteiger partial charge < -0.3 is 14.2 Å². The molecule has 1 atom stereocenters. The molecule has 0 saturated heterocycles. The largest absolute Gasteiger partial charge is 0.486 e. The van der Waals surface area contributed by atoms with Crippen LogP contribution in [-0.4, -0.2) is 55.5 Å². The number of ether oxygens (including phenoxy) is 3. The first-order chi connectivity index (χ1) is 18.6. The third-order valence-corrected chi connectivity index (χ3v) is 12.5. The maximum atomic E-state index is 13.3. The molecule has 0 unspecified atom stereocenters. The van der Waals surface area contributed by atoms with Crippen LogP contribution in [0.25, 0.3) is 6.08 Å². The van der Waals surface area contributed by atoms with Gasteiger partial charge >= 0.3 is 0 Å². The minimum Gasteiger partial charge on any atom is -0.486 e. The van der Waals surface area contributed by atoms with Crippen molar-refractivity contribution in [1.29, 1.82) is 0 Å². The molecule has 40 heavy (non-hydrogen) atoms. The van der Waals surface area contributed by atoms with Gasteiger partial charge in [0.1, 0.15) is 25.3 Å². The van der Waals surface area contributed by atoms with Crippen LogP contribution in [0, 0.1) is 6.92 Å². The summed E-state index contributed by atoms with van der Waals surface area (Å²) in [6, 6.07) is 14.0. The highest BCUT2D eigenvalue weighted by Crippen LogP contribution is 2.38. The fourth-order valence-corrected chi connectivity index (χ4v) is 7.31. The molecule has 3 rings (SSSR count). The molecule has 2 aromatic rings. The lowest BCUT2D eigenvalue weighted by Gasteiger charge is -2.23. The van der Waals surface area contributed by atoms with E-state index in [1.165, 1.54) is 20.8 Å². The van der Waals surface area contributed by atoms with Crippen molar-refractivity contribution in [1.82, 2.24) is 4.31 Å². The summed E-state index contributed by atoms with van der Waals surface area (Å²) in [5.41, 5.74) is 4.30. The maximum Gasteiger partial charge on any atom is 0.240 e. The Labute approximate surface area is 252 Å². The number of hydrogen-bond acceptors (Lipinski definition) is 5. The van der Waals surface area contributed by atoms with Crippen molar-refractivity contribution in [2.45, 2.75) is 77.2 Å². The number of aryl methyl sites for hydroxylation is 1. The molecule has 6 nitrogen and oxygen atoms in total. The van der Waals surface area contributed by atoms with Gasteiger partial charge in [-0.1, -0.05) is 73.4 Å². The van der Waals surface area contributed by atoms with E-state index in [1.807, 2.05) is 31.2 Å². The Hall–Kier alpha value is -1.28. The van der Waals surface area contributed by atoms with Gasteiger partial charge in [-0.15, -0.1) is 4.31 Å². The van der Waals surface area contributed by atoms with E-state index < -0.39 is 26.2 Å². The van der Waals surface area contributed by atoms with Crippen LogP contribution in [0.3, 0.4) is 0 Å². The van der Waals surface area contributed by atoms with Gasteiger partial charge in [0, 0.05) is 39.2 Å². The van der Waals surface area contributed by atoms with Crippen LogP contribution < -0.4 is 4.74 Å². The van der Waals surface area contributed by atoms with Crippen LogP contribution >= 0.6 is 15.9 Å². The van der Waals surface area contributed by atoms with Crippen molar-refractivity contribution < 1.29 is 22.6 Å². The molecule has 0 amide bonds. The predicted molar refractivity (Wildman–Crippen MR) is 175 cm³/mol. The molecule has 0 bridgehead atoms. The molecule has 0 radical (unpaired) electrons. The van der Waals surface area contributed by atoms with Gasteiger partial charge in [0.15, 0.2) is 0 Å². The lowest BCUT2D eigenvalue weighted by atomic mass is 10.1. The van der Waals surface area contributed by atoms with E-state index in [0.29, 0.717) is 13.2 Å². The number of hydrogen-bond donors (Lipinski definition) is 0. The Morgan fingerprint density at radius 2 is 1.60 bits per heavy atom. The number of fused-ring (bicyclic) bond motifs is 1. The molecule has 1 aliphatic carbocycles. The van der Waals surface area contributed by atoms with Crippen molar-refractivity contribution in [3.8, 4) is 5.75 Å². The third-order valence-electron chi connectivity index (χ3n) is 6.92. The summed E-state index contributed by atoms with van der Waals surface area (Å²) in [7, 11) is -6.30. The molecule has 222 valence electrons. The highest BCUT2D eigenvalue weighted by Gasteiger charge is 2.26. The normalized spacial score (nSPS) is 16.2. The van der Waals surface area contributed by atoms with Crippen LogP contribution in [0.4, 0.5) is 0 Å². The summed E-state index contributed by atoms with van der Waals surface area (Å²) in [6.07, 6.45) is 3.59. The fourth-order valence-electron chi connectivity index (χ4n) is 4.29. The van der Waals surface area contributed by atoms with Gasteiger partial charge in [0.25, 0.3) is 0 Å². The van der Waals surface area contributed by atoms with Gasteiger partial charge in [-0.3, -0.25) is 0 Å². The molecule has 0 heterocycles. The first-order valence-corrected chi connectivity index (χ1v) is 23.7. The van der Waals surface area contributed by atoms with Crippen LogP contribution in [0.5, 0.6) is 5.75 Å². The van der Waals surface area contributed by atoms with E-state index in [0.717, 1.165) is 46.3 Å². The SMILES string of the molecule is Cc1cc(O[C@@H]2CCc3c(Br)cccc32)ccc1C=CS(=O)(=O)N(COCC[Si](C)(C)C)COCC[Si](C)(C)C. The van der Waals surface area contributed by atoms with Crippen molar-refractivity contribution in [2.24, 2.45) is 0 Å². The lowest BCUT2D eigenvalue weighted by molar-refractivity contribution is 0.00888. The Balaban J connectivity index is 1.66. The van der Waals surface area contributed by atoms with Crippen LogP contribution in [0.2, 0.25) is 51.4 Å². The minimum atomic E-state index is -3.75. The van der Waals surface area contributed by atoms with E-state index in [2.05, 4.69) is 67.3 Å². The number of benzene rings is 2. The number of sulfonamides is 1. The molecular weight excluding hydrogens is 622 g/mol. The van der Waals surface area contributed by atoms with E-state index in [-0.39, 0.29) is 19.6 Å². The van der Waals surface area contributed by atoms with E-state index >= 15 is 0 Å². The molecule has 0 N–H and O–H groups in total. The van der Waals surface area contributed by atoms with Crippen LogP contribution in [0.1, 0.15) is 34.8 Å². The predicted octanol–water partition coefficient (Wildman–Crippen LogP) is 8.05. The number of rotatable bonds is 15. The summed E-state index contributed by atoms with van der Waals surface area (Å²) in [4.78, 5) is 0. The van der Waals surface area contributed by atoms with E-state index in [1.54, 1.807) is 6.08 Å². The zero-order chi connectivity index (χ0) is 29.6. The maximum absolute atomic E-state index is 13.3. The minimum absolute atomic E-state index is 0.0177. The smallest absolute Gasteiger partial charge is 0.240 e. The molecule has 10 heteroatoms. The van der Waals surface area contributed by atoms with E-state index in [4.69, 9.17) is 14.2 Å². The monoisotopic (exact) mass is 667 g/mol. The molecule has 0 aromatic heterocycles. The van der Waals surface area contributed by atoms with Gasteiger partial charge in [-0.2, -0.15) is 0 Å². The first kappa shape index (κ1) is 33.2. The summed E-state index contributed by atoms with van der Waals surface area (Å²) in [6.45, 7) is 16.7. The Morgan fingerprint density at radius 3 is 2.17 bits per heavy atom. The van der Waals surface area contributed by atoms with Gasteiger partial charge in [-0.25, -0.2) is 8.42 Å². The second kappa shape index (κ2) is 14.3. The molecule has 2 aromatic carbocycles. The zero-order valence-corrected chi connectivity index (χ0v) is 29.5. The van der Waals surface area contributed by atoms with Crippen LogP contribution in [-0.2, 0) is 25.9 Å². The van der Waals surface area contributed by atoms with Crippen molar-refractivity contribution in [3.63, 3.8) is 0 Å². The van der Waals surface area contributed by atoms with Gasteiger partial charge in [-0.05, 0) is 78.4 Å². The second-order valence-electron chi connectivity index (χ2n) is 13.0. The van der Waals surface area contributed by atoms with Gasteiger partial charge in [0.2, 0.25) is 10.0 Å². The van der Waals surface area contributed by atoms with Crippen molar-refractivity contribution in [2.75, 3.05) is 26.7 Å². The van der Waals surface area contributed by atoms with Crippen molar-refractivity contribution >= 4 is 48.2 Å². The summed E-state index contributed by atoms with van der Waals surface area (Å²) in [5, 5.41) is 1.25. The van der Waals surface area contributed by atoms with Gasteiger partial charge in [0.05, 0.1) is 0 Å². The molecule has 1 aliphatic rings. The lowest BCUT2D eigenvalue weighted by Crippen LogP contribution is -2.35. The third kappa shape index (κ3) is 10.5. The summed E-state index contributed by atoms with van der Waals surface area (Å²) in [5.74, 6) is 0.781. The van der Waals surface area contributed by atoms with E-state index in [9.17, 15) is 8.42 Å². The zero-order valence-electron chi connectivity index (χ0n) is 25.1. The fraction of sp³-hybridized carbons (Fsp3) is 0.533. The quantitative estimate of drug-likeness (QED) is 0.109. The Morgan fingerprint density at radius 1 is 0.975 bits per heavy atom. The first-order valence-electron chi connectivity index (χ1n) is 14.0. The van der Waals surface area contributed by atoms with Crippen LogP contribution in [0.15, 0.2) is 46.3 Å². The highest BCUT2D eigenvalue weighted by atomic mass is 79.9. The topological polar surface area (TPSA) is 65.1 Å². The number of nitrogens with zero attached hydrogens (tertiary/aromatic N) is 1. The highest BCUT2D eigenvalue weighted by molar-refractivity contribution is 9.10. The standard InChI is InChI=1S/C30H46BrNO5SSi2/c1-24-21-26(37-30-14-13-27-28(30)9-8-10-29(27)31)12-11-25(24)15-18-38(33,34)32(22-35-16-19-39(2,3)4)23-36-17-20-40(5,6)7/h8-12,15,18,21,30H,13-14,16-17,19-20,22-23H2,1-7H3/t30-/m1/s1. The molecule has 0 aliphatic heterocycles. The molecule has 0 saturated carbocycles. The average molecular weight is 669 g/mol. The molecule has 0 spiro atoms. The number of halogens is 1. The summed E-state index contributed by atoms with van der Waals surface area (Å²) < 4.78 is 47.0. The molecule has 0 fully saturated rings.